The molecule has 115 valence electrons. The van der Waals surface area contributed by atoms with Crippen molar-refractivity contribution in [3.8, 4) is 0 Å². The SMILES string of the molecule is O=COC[CH][CH][CH]C(O)CCCCOCc1ccccc1. The molecule has 21 heavy (non-hydrogen) atoms. The van der Waals surface area contributed by atoms with Crippen LogP contribution in [0.5, 0.6) is 0 Å². The van der Waals surface area contributed by atoms with Gasteiger partial charge in [0, 0.05) is 13.0 Å². The third-order valence-corrected chi connectivity index (χ3v) is 2.88. The highest BCUT2D eigenvalue weighted by Gasteiger charge is 2.04. The van der Waals surface area contributed by atoms with E-state index in [1.807, 2.05) is 30.3 Å². The van der Waals surface area contributed by atoms with Crippen molar-refractivity contribution >= 4 is 6.47 Å². The van der Waals surface area contributed by atoms with Gasteiger partial charge in [-0.15, -0.1) is 0 Å². The van der Waals surface area contributed by atoms with Gasteiger partial charge < -0.3 is 14.6 Å². The van der Waals surface area contributed by atoms with Crippen LogP contribution in [0, 0.1) is 19.3 Å². The summed E-state index contributed by atoms with van der Waals surface area (Å²) in [6.07, 6.45) is 7.15. The van der Waals surface area contributed by atoms with Crippen LogP contribution in [0.2, 0.25) is 0 Å². The van der Waals surface area contributed by atoms with Gasteiger partial charge in [0.15, 0.2) is 0 Å². The summed E-state index contributed by atoms with van der Waals surface area (Å²) in [6.45, 7) is 1.97. The van der Waals surface area contributed by atoms with Crippen LogP contribution in [-0.4, -0.2) is 30.9 Å². The lowest BCUT2D eigenvalue weighted by Crippen LogP contribution is -2.09. The molecule has 0 aliphatic heterocycles. The molecule has 3 radical (unpaired) electrons. The molecule has 1 atom stereocenters. The molecule has 0 saturated carbocycles. The van der Waals surface area contributed by atoms with Crippen molar-refractivity contribution < 1.29 is 19.4 Å². The number of carbonyl (C=O) groups is 1. The van der Waals surface area contributed by atoms with E-state index in [0.29, 0.717) is 26.1 Å². The normalized spacial score (nSPS) is 12.0. The standard InChI is InChI=1S/C17H23O4/c18-15-21-13-7-5-11-17(19)10-4-6-12-20-14-16-8-2-1-3-9-16/h1-3,5,7-9,11,15,17,19H,4,6,10,12-14H2. The van der Waals surface area contributed by atoms with Crippen molar-refractivity contribution in [1.29, 1.82) is 0 Å². The van der Waals surface area contributed by atoms with Crippen LogP contribution in [0.25, 0.3) is 0 Å². The number of hydrogen-bond donors (Lipinski definition) is 1. The number of carbonyl (C=O) groups excluding carboxylic acids is 1. The number of benzene rings is 1. The molecule has 0 saturated heterocycles. The van der Waals surface area contributed by atoms with Crippen molar-refractivity contribution in [3.63, 3.8) is 0 Å². The molecule has 0 heterocycles. The monoisotopic (exact) mass is 291 g/mol. The Kier molecular flexibility index (Phi) is 10.4. The zero-order valence-electron chi connectivity index (χ0n) is 12.2. The zero-order valence-corrected chi connectivity index (χ0v) is 12.2. The second kappa shape index (κ2) is 12.4. The first kappa shape index (κ1) is 17.7. The second-order valence-corrected chi connectivity index (χ2v) is 4.65. The maximum Gasteiger partial charge on any atom is 0.293 e. The maximum absolute atomic E-state index is 9.89. The van der Waals surface area contributed by atoms with Crippen LogP contribution in [-0.2, 0) is 20.9 Å². The van der Waals surface area contributed by atoms with Crippen molar-refractivity contribution in [1.82, 2.24) is 0 Å². The van der Waals surface area contributed by atoms with E-state index >= 15 is 0 Å². The first-order valence-corrected chi connectivity index (χ1v) is 7.18. The lowest BCUT2D eigenvalue weighted by molar-refractivity contribution is -0.127. The fraction of sp³-hybridized carbons (Fsp3) is 0.412. The van der Waals surface area contributed by atoms with Gasteiger partial charge in [-0.05, 0) is 37.7 Å². The first-order valence-electron chi connectivity index (χ1n) is 7.18. The average molecular weight is 291 g/mol. The van der Waals surface area contributed by atoms with E-state index in [4.69, 9.17) is 4.74 Å². The predicted octanol–water partition coefficient (Wildman–Crippen LogP) is 2.52. The van der Waals surface area contributed by atoms with E-state index in [2.05, 4.69) is 4.74 Å². The van der Waals surface area contributed by atoms with Crippen molar-refractivity contribution in [3.05, 3.63) is 55.2 Å². The predicted molar refractivity (Wildman–Crippen MR) is 80.9 cm³/mol. The third kappa shape index (κ3) is 10.0. The fourth-order valence-corrected chi connectivity index (χ4v) is 1.78. The molecule has 0 fully saturated rings. The van der Waals surface area contributed by atoms with Gasteiger partial charge in [-0.1, -0.05) is 30.3 Å². The van der Waals surface area contributed by atoms with Crippen molar-refractivity contribution in [2.24, 2.45) is 0 Å². The van der Waals surface area contributed by atoms with Gasteiger partial charge in [-0.2, -0.15) is 0 Å². The molecule has 4 heteroatoms. The molecule has 1 N–H and O–H groups in total. The average Bonchev–Trinajstić information content (AvgIpc) is 2.51. The number of rotatable bonds is 13. The lowest BCUT2D eigenvalue weighted by atomic mass is 10.1. The molecule has 1 rings (SSSR count). The second-order valence-electron chi connectivity index (χ2n) is 4.65. The molecule has 4 nitrogen and oxygen atoms in total. The minimum Gasteiger partial charge on any atom is -0.468 e. The molecule has 0 bridgehead atoms. The molecule has 0 aromatic heterocycles. The molecular weight excluding hydrogens is 268 g/mol. The molecular formula is C17H23O4. The van der Waals surface area contributed by atoms with E-state index in [9.17, 15) is 9.90 Å². The topological polar surface area (TPSA) is 55.8 Å². The smallest absolute Gasteiger partial charge is 0.293 e. The number of aliphatic hydroxyl groups excluding tert-OH is 1. The summed E-state index contributed by atoms with van der Waals surface area (Å²) in [4.78, 5) is 9.89. The third-order valence-electron chi connectivity index (χ3n) is 2.88. The molecule has 0 aliphatic rings. The van der Waals surface area contributed by atoms with Crippen molar-refractivity contribution in [2.45, 2.75) is 32.0 Å². The molecule has 0 aliphatic carbocycles. The van der Waals surface area contributed by atoms with Gasteiger partial charge in [0.25, 0.3) is 6.47 Å². The van der Waals surface area contributed by atoms with Crippen LogP contribution < -0.4 is 0 Å². The summed E-state index contributed by atoms with van der Waals surface area (Å²) in [6, 6.07) is 10.1. The highest BCUT2D eigenvalue weighted by atomic mass is 16.5. The minimum atomic E-state index is -0.466. The Hall–Kier alpha value is -1.39. The Balaban J connectivity index is 1.88. The summed E-state index contributed by atoms with van der Waals surface area (Å²) in [7, 11) is 0. The Morgan fingerprint density at radius 2 is 2.00 bits per heavy atom. The van der Waals surface area contributed by atoms with Gasteiger partial charge in [-0.25, -0.2) is 0 Å². The Labute approximate surface area is 127 Å². The maximum atomic E-state index is 9.89. The summed E-state index contributed by atoms with van der Waals surface area (Å²) in [5.74, 6) is 0. The van der Waals surface area contributed by atoms with Gasteiger partial charge in [0.1, 0.15) is 0 Å². The summed E-state index contributed by atoms with van der Waals surface area (Å²) >= 11 is 0. The van der Waals surface area contributed by atoms with Gasteiger partial charge >= 0.3 is 0 Å². The Morgan fingerprint density at radius 3 is 2.76 bits per heavy atom. The number of aliphatic hydroxyl groups is 1. The van der Waals surface area contributed by atoms with Crippen LogP contribution in [0.1, 0.15) is 24.8 Å². The molecule has 0 amide bonds. The van der Waals surface area contributed by atoms with Gasteiger partial charge in [-0.3, -0.25) is 4.79 Å². The number of ether oxygens (including phenoxy) is 2. The van der Waals surface area contributed by atoms with Crippen LogP contribution in [0.4, 0.5) is 0 Å². The number of unbranched alkanes of at least 4 members (excludes halogenated alkanes) is 2. The van der Waals surface area contributed by atoms with Crippen LogP contribution >= 0.6 is 0 Å². The summed E-state index contributed by atoms with van der Waals surface area (Å²) < 4.78 is 10.1. The van der Waals surface area contributed by atoms with E-state index in [1.54, 1.807) is 19.3 Å². The Bertz CT molecular complexity index is 353. The highest BCUT2D eigenvalue weighted by Crippen LogP contribution is 2.07. The van der Waals surface area contributed by atoms with E-state index in [1.165, 1.54) is 5.56 Å². The van der Waals surface area contributed by atoms with E-state index in [0.717, 1.165) is 12.8 Å². The van der Waals surface area contributed by atoms with Gasteiger partial charge in [0.05, 0.1) is 19.3 Å². The van der Waals surface area contributed by atoms with Crippen molar-refractivity contribution in [2.75, 3.05) is 13.2 Å². The molecule has 1 unspecified atom stereocenters. The largest absolute Gasteiger partial charge is 0.468 e. The highest BCUT2D eigenvalue weighted by molar-refractivity contribution is 5.37. The van der Waals surface area contributed by atoms with Crippen LogP contribution in [0.15, 0.2) is 30.3 Å². The van der Waals surface area contributed by atoms with E-state index < -0.39 is 6.10 Å². The molecule has 0 spiro atoms. The quantitative estimate of drug-likeness (QED) is 0.448. The zero-order chi connectivity index (χ0) is 15.2. The summed E-state index contributed by atoms with van der Waals surface area (Å²) in [5.41, 5.74) is 1.17. The van der Waals surface area contributed by atoms with E-state index in [-0.39, 0.29) is 6.61 Å². The summed E-state index contributed by atoms with van der Waals surface area (Å²) in [5, 5.41) is 9.68. The Morgan fingerprint density at radius 1 is 1.19 bits per heavy atom. The van der Waals surface area contributed by atoms with Crippen LogP contribution in [0.3, 0.4) is 0 Å². The molecule has 1 aromatic carbocycles. The first-order chi connectivity index (χ1) is 10.3. The minimum absolute atomic E-state index is 0.236. The fourth-order valence-electron chi connectivity index (χ4n) is 1.78. The number of hydrogen-bond acceptors (Lipinski definition) is 4. The lowest BCUT2D eigenvalue weighted by Gasteiger charge is -2.09. The molecule has 1 aromatic rings. The van der Waals surface area contributed by atoms with Gasteiger partial charge in [0.2, 0.25) is 0 Å².